The molecule has 0 aliphatic rings. The third-order valence-electron chi connectivity index (χ3n) is 7.99. The number of benzene rings is 6. The van der Waals surface area contributed by atoms with Crippen molar-refractivity contribution < 1.29 is 51.0 Å². The Morgan fingerprint density at radius 3 is 1.51 bits per heavy atom. The van der Waals surface area contributed by atoms with Gasteiger partial charge in [-0.05, 0) is 83.2 Å². The molecule has 288 valence electrons. The number of carbonyl (C=O) groups excluding carboxylic acids is 1. The summed E-state index contributed by atoms with van der Waals surface area (Å²) < 4.78 is 73.6. The van der Waals surface area contributed by atoms with Gasteiger partial charge in [-0.2, -0.15) is 20.5 Å². The number of nitrogens with zero attached hydrogens (tertiary/aromatic N) is 7. The molecule has 6 aromatic carbocycles. The highest BCUT2D eigenvalue weighted by molar-refractivity contribution is 7.86. The SMILES string of the molecule is Nc1c(N=Nc2ccc([N+](=O)[O-])cc2)c(S(=O)(=O)[O-])cc2cc(S(=O)(=O)[O-])c(N=Nc3ccc(-c4ccc(N=Nc5ccc(O)c(C(=O)[O-])c5)cc4)cc3)c(O)c12. The summed E-state index contributed by atoms with van der Waals surface area (Å²) in [6, 6.07) is 22.3. The van der Waals surface area contributed by atoms with E-state index in [1.165, 1.54) is 30.3 Å². The third kappa shape index (κ3) is 8.58. The predicted octanol–water partition coefficient (Wildman–Crippen LogP) is 6.83. The van der Waals surface area contributed by atoms with E-state index in [1.807, 2.05) is 0 Å². The molecule has 0 fully saturated rings. The molecule has 0 saturated carbocycles. The molecule has 0 unspecified atom stereocenters. The van der Waals surface area contributed by atoms with E-state index in [1.54, 1.807) is 36.4 Å². The summed E-state index contributed by atoms with van der Waals surface area (Å²) in [7, 11) is -10.8. The number of phenols is 2. The van der Waals surface area contributed by atoms with E-state index >= 15 is 0 Å². The minimum atomic E-state index is -5.43. The average Bonchev–Trinajstić information content (AvgIpc) is 3.16. The molecule has 0 spiro atoms. The molecule has 0 bridgehead atoms. The third-order valence-corrected chi connectivity index (χ3v) is 9.69. The number of aromatic hydroxyl groups is 2. The first kappa shape index (κ1) is 39.2. The Morgan fingerprint density at radius 2 is 1.04 bits per heavy atom. The molecule has 6 aromatic rings. The minimum absolute atomic E-state index is 0.0189. The fraction of sp³-hybridized carbons (Fsp3) is 0. The monoisotopic (exact) mass is 809 g/mol. The molecule has 22 heteroatoms. The zero-order valence-electron chi connectivity index (χ0n) is 28.3. The average molecular weight is 810 g/mol. The lowest BCUT2D eigenvalue weighted by atomic mass is 10.0. The molecule has 20 nitrogen and oxygen atoms in total. The van der Waals surface area contributed by atoms with E-state index in [0.29, 0.717) is 28.9 Å². The zero-order chi connectivity index (χ0) is 41.2. The number of nitrogen functional groups attached to an aromatic ring is 1. The second-order valence-electron chi connectivity index (χ2n) is 11.7. The molecule has 0 atom stereocenters. The van der Waals surface area contributed by atoms with E-state index in [0.717, 1.165) is 24.3 Å². The molecule has 57 heavy (non-hydrogen) atoms. The fourth-order valence-electron chi connectivity index (χ4n) is 5.25. The summed E-state index contributed by atoms with van der Waals surface area (Å²) in [4.78, 5) is 19.2. The molecule has 4 N–H and O–H groups in total. The molecule has 0 heterocycles. The van der Waals surface area contributed by atoms with Gasteiger partial charge in [0, 0.05) is 17.7 Å². The summed E-state index contributed by atoms with van der Waals surface area (Å²) in [5.41, 5.74) is 5.24. The van der Waals surface area contributed by atoms with E-state index in [-0.39, 0.29) is 22.7 Å². The predicted molar refractivity (Wildman–Crippen MR) is 196 cm³/mol. The molecule has 6 rings (SSSR count). The van der Waals surface area contributed by atoms with E-state index < -0.39 is 85.8 Å². The van der Waals surface area contributed by atoms with Gasteiger partial charge in [0.2, 0.25) is 0 Å². The number of carboxylic acid groups (broad SMARTS) is 1. The van der Waals surface area contributed by atoms with Crippen LogP contribution in [-0.4, -0.2) is 47.0 Å². The lowest BCUT2D eigenvalue weighted by molar-refractivity contribution is -0.384. The number of fused-ring (bicyclic) bond motifs is 1. The van der Waals surface area contributed by atoms with Gasteiger partial charge in [0.05, 0.1) is 54.5 Å². The van der Waals surface area contributed by atoms with Crippen LogP contribution >= 0.6 is 0 Å². The van der Waals surface area contributed by atoms with Crippen LogP contribution in [0.4, 0.5) is 45.5 Å². The van der Waals surface area contributed by atoms with Crippen molar-refractivity contribution in [3.63, 3.8) is 0 Å². The number of nitrogens with two attached hydrogens (primary N) is 1. The normalized spacial score (nSPS) is 12.2. The topological polar surface area (TPSA) is 338 Å². The minimum Gasteiger partial charge on any atom is -0.744 e. The zero-order valence-corrected chi connectivity index (χ0v) is 29.9. The molecular formula is C35H21N8O12S2-3. The van der Waals surface area contributed by atoms with Crippen LogP contribution in [0.1, 0.15) is 10.4 Å². The van der Waals surface area contributed by atoms with Crippen LogP contribution in [0.25, 0.3) is 21.9 Å². The van der Waals surface area contributed by atoms with Gasteiger partial charge in [-0.15, -0.1) is 10.2 Å². The van der Waals surface area contributed by atoms with Crippen LogP contribution in [0.5, 0.6) is 11.5 Å². The quantitative estimate of drug-likeness (QED) is 0.0398. The Labute approximate surface area is 320 Å². The lowest BCUT2D eigenvalue weighted by Crippen LogP contribution is -2.22. The summed E-state index contributed by atoms with van der Waals surface area (Å²) >= 11 is 0. The largest absolute Gasteiger partial charge is 0.744 e. The van der Waals surface area contributed by atoms with E-state index in [9.17, 15) is 56.2 Å². The Kier molecular flexibility index (Phi) is 10.5. The molecule has 0 radical (unpaired) electrons. The Balaban J connectivity index is 1.31. The van der Waals surface area contributed by atoms with Crippen LogP contribution in [0.2, 0.25) is 0 Å². The molecular weight excluding hydrogens is 789 g/mol. The summed E-state index contributed by atoms with van der Waals surface area (Å²) in [6.07, 6.45) is 0. The Bertz CT molecular complexity index is 2920. The first-order chi connectivity index (χ1) is 26.9. The van der Waals surface area contributed by atoms with Gasteiger partial charge in [-0.25, -0.2) is 16.8 Å². The summed E-state index contributed by atoms with van der Waals surface area (Å²) in [6.45, 7) is 0. The molecule has 0 aliphatic carbocycles. The summed E-state index contributed by atoms with van der Waals surface area (Å²) in [5, 5.41) is 65.4. The van der Waals surface area contributed by atoms with Gasteiger partial charge in [0.25, 0.3) is 5.69 Å². The number of carbonyl (C=O) groups is 1. The van der Waals surface area contributed by atoms with Crippen molar-refractivity contribution in [2.24, 2.45) is 30.7 Å². The van der Waals surface area contributed by atoms with Crippen molar-refractivity contribution in [2.45, 2.75) is 9.79 Å². The first-order valence-electron chi connectivity index (χ1n) is 15.7. The van der Waals surface area contributed by atoms with Crippen molar-refractivity contribution in [3.8, 4) is 22.6 Å². The van der Waals surface area contributed by atoms with Crippen LogP contribution in [-0.2, 0) is 20.2 Å². The lowest BCUT2D eigenvalue weighted by Gasteiger charge is -2.18. The van der Waals surface area contributed by atoms with Gasteiger partial charge in [0.1, 0.15) is 37.4 Å². The second kappa shape index (κ2) is 15.3. The molecule has 0 saturated heterocycles. The van der Waals surface area contributed by atoms with Crippen molar-refractivity contribution in [1.82, 2.24) is 0 Å². The van der Waals surface area contributed by atoms with Gasteiger partial charge >= 0.3 is 0 Å². The number of anilines is 1. The first-order valence-corrected chi connectivity index (χ1v) is 18.5. The fourth-order valence-corrected chi connectivity index (χ4v) is 6.56. The molecule has 0 aromatic heterocycles. The summed E-state index contributed by atoms with van der Waals surface area (Å²) in [5.74, 6) is -3.07. The van der Waals surface area contributed by atoms with Crippen LogP contribution in [0, 0.1) is 10.1 Å². The maximum absolute atomic E-state index is 12.3. The number of nitro groups is 1. The number of rotatable bonds is 11. The Hall–Kier alpha value is -7.53. The van der Waals surface area contributed by atoms with Crippen molar-refractivity contribution in [1.29, 1.82) is 0 Å². The highest BCUT2D eigenvalue weighted by Crippen LogP contribution is 2.48. The smallest absolute Gasteiger partial charge is 0.269 e. The Morgan fingerprint density at radius 1 is 0.614 bits per heavy atom. The van der Waals surface area contributed by atoms with Gasteiger partial charge < -0.3 is 35.0 Å². The number of nitro benzene ring substituents is 1. The standard InChI is InChI=1S/C35H24N8O12S2/c36-31-30-20(15-28(56(50,51)52)32(31)41-38-23-9-12-25(13-10-23)43(48)49)16-29(57(53,54)55)33(34(30)45)42-39-22-7-3-19(4-8-22)18-1-5-21(6-2-18)37-40-24-11-14-27(44)26(17-24)35(46)47/h1-17,44-45H,36H2,(H,46,47)(H,50,51,52)(H,53,54,55)/p-3. The van der Waals surface area contributed by atoms with Crippen LogP contribution in [0.3, 0.4) is 0 Å². The van der Waals surface area contributed by atoms with Crippen molar-refractivity contribution in [3.05, 3.63) is 119 Å². The van der Waals surface area contributed by atoms with E-state index in [4.69, 9.17) is 5.73 Å². The van der Waals surface area contributed by atoms with E-state index in [2.05, 4.69) is 30.7 Å². The van der Waals surface area contributed by atoms with Crippen molar-refractivity contribution in [2.75, 3.05) is 5.73 Å². The number of hydrogen-bond donors (Lipinski definition) is 3. The number of azo groups is 3. The second-order valence-corrected chi connectivity index (χ2v) is 14.4. The van der Waals surface area contributed by atoms with Crippen molar-refractivity contribution >= 4 is 82.5 Å². The highest BCUT2D eigenvalue weighted by Gasteiger charge is 2.24. The number of phenolic OH excluding ortho intramolecular Hbond substituents is 1. The molecule has 0 amide bonds. The van der Waals surface area contributed by atoms with Gasteiger partial charge in [-0.1, -0.05) is 24.3 Å². The maximum atomic E-state index is 12.3. The highest BCUT2D eigenvalue weighted by atomic mass is 32.2. The van der Waals surface area contributed by atoms with Crippen LogP contribution < -0.4 is 10.8 Å². The van der Waals surface area contributed by atoms with Gasteiger partial charge in [-0.3, -0.25) is 10.1 Å². The van der Waals surface area contributed by atoms with Crippen LogP contribution in [0.15, 0.2) is 144 Å². The number of non-ortho nitro benzene ring substituents is 1. The number of aromatic carboxylic acids is 1. The number of carboxylic acids is 1. The maximum Gasteiger partial charge on any atom is 0.269 e. The number of hydrogen-bond acceptors (Lipinski definition) is 19. The van der Waals surface area contributed by atoms with Gasteiger partial charge in [0.15, 0.2) is 5.75 Å². The molecule has 0 aliphatic heterocycles.